The zero-order chi connectivity index (χ0) is 9.47. The lowest BCUT2D eigenvalue weighted by Gasteiger charge is -2.41. The first-order valence-corrected chi connectivity index (χ1v) is 4.53. The number of hydrogen-bond donors (Lipinski definition) is 1. The van der Waals surface area contributed by atoms with Crippen LogP contribution in [0.2, 0.25) is 0 Å². The molecule has 0 unspecified atom stereocenters. The minimum absolute atomic E-state index is 0.165. The van der Waals surface area contributed by atoms with Gasteiger partial charge in [-0.25, -0.2) is 4.79 Å². The number of nitriles is 1. The van der Waals surface area contributed by atoms with Crippen LogP contribution in [-0.4, -0.2) is 29.2 Å². The first-order chi connectivity index (χ1) is 6.15. The molecule has 1 amide bonds. The average Bonchev–Trinajstić information content (AvgIpc) is 2.45. The minimum Gasteiger partial charge on any atom is -0.465 e. The van der Waals surface area contributed by atoms with Gasteiger partial charge in [-0.1, -0.05) is 0 Å². The van der Waals surface area contributed by atoms with E-state index in [9.17, 15) is 4.79 Å². The summed E-state index contributed by atoms with van der Waals surface area (Å²) in [5, 5.41) is 17.4. The molecule has 0 atom stereocenters. The van der Waals surface area contributed by atoms with Crippen LogP contribution < -0.4 is 0 Å². The van der Waals surface area contributed by atoms with Crippen LogP contribution in [0.1, 0.15) is 19.3 Å². The second-order valence-corrected chi connectivity index (χ2v) is 4.19. The number of nitrogens with zero attached hydrogens (tertiary/aromatic N) is 2. The number of carboxylic acid groups (broad SMARTS) is 1. The van der Waals surface area contributed by atoms with Gasteiger partial charge in [-0.15, -0.1) is 0 Å². The SMILES string of the molecule is N#CC1CC2(CCN(C(=O)O)C2)C1. The Labute approximate surface area is 76.8 Å². The second kappa shape index (κ2) is 2.63. The van der Waals surface area contributed by atoms with Crippen molar-refractivity contribution in [3.05, 3.63) is 0 Å². The van der Waals surface area contributed by atoms with E-state index in [1.807, 2.05) is 0 Å². The molecule has 4 heteroatoms. The summed E-state index contributed by atoms with van der Waals surface area (Å²) in [7, 11) is 0. The maximum atomic E-state index is 10.6. The van der Waals surface area contributed by atoms with E-state index in [0.29, 0.717) is 13.1 Å². The molecule has 1 aliphatic heterocycles. The van der Waals surface area contributed by atoms with Crippen LogP contribution in [0.25, 0.3) is 0 Å². The standard InChI is InChI=1S/C9H12N2O2/c10-5-7-3-9(4-7)1-2-11(6-9)8(12)13/h7H,1-4,6H2,(H,12,13). The molecule has 4 nitrogen and oxygen atoms in total. The molecule has 2 fully saturated rings. The zero-order valence-corrected chi connectivity index (χ0v) is 7.36. The van der Waals surface area contributed by atoms with Gasteiger partial charge in [0.1, 0.15) is 0 Å². The van der Waals surface area contributed by atoms with E-state index >= 15 is 0 Å². The molecule has 0 radical (unpaired) electrons. The molecule has 1 N–H and O–H groups in total. The number of amides is 1. The van der Waals surface area contributed by atoms with Crippen molar-refractivity contribution in [2.75, 3.05) is 13.1 Å². The normalized spacial score (nSPS) is 37.2. The third-order valence-electron chi connectivity index (χ3n) is 3.25. The lowest BCUT2D eigenvalue weighted by Crippen LogP contribution is -2.40. The van der Waals surface area contributed by atoms with E-state index in [1.165, 1.54) is 4.90 Å². The van der Waals surface area contributed by atoms with E-state index in [2.05, 4.69) is 6.07 Å². The smallest absolute Gasteiger partial charge is 0.407 e. The van der Waals surface area contributed by atoms with Crippen LogP contribution in [-0.2, 0) is 0 Å². The summed E-state index contributed by atoms with van der Waals surface area (Å²) in [6, 6.07) is 2.23. The van der Waals surface area contributed by atoms with Gasteiger partial charge in [0, 0.05) is 19.0 Å². The van der Waals surface area contributed by atoms with Gasteiger partial charge < -0.3 is 10.0 Å². The molecule has 0 aromatic heterocycles. The van der Waals surface area contributed by atoms with Crippen LogP contribution in [0.3, 0.4) is 0 Å². The summed E-state index contributed by atoms with van der Waals surface area (Å²) < 4.78 is 0. The third-order valence-corrected chi connectivity index (χ3v) is 3.25. The van der Waals surface area contributed by atoms with Crippen LogP contribution in [0.4, 0.5) is 4.79 Å². The Hall–Kier alpha value is -1.24. The molecule has 1 saturated carbocycles. The average molecular weight is 180 g/mol. The van der Waals surface area contributed by atoms with Crippen molar-refractivity contribution < 1.29 is 9.90 Å². The van der Waals surface area contributed by atoms with Crippen molar-refractivity contribution in [2.24, 2.45) is 11.3 Å². The Morgan fingerprint density at radius 3 is 2.77 bits per heavy atom. The fourth-order valence-corrected chi connectivity index (χ4v) is 2.51. The van der Waals surface area contributed by atoms with Crippen molar-refractivity contribution in [3.8, 4) is 6.07 Å². The fraction of sp³-hybridized carbons (Fsp3) is 0.778. The number of carbonyl (C=O) groups is 1. The van der Waals surface area contributed by atoms with Gasteiger partial charge in [0.2, 0.25) is 0 Å². The van der Waals surface area contributed by atoms with Crippen molar-refractivity contribution in [1.82, 2.24) is 4.90 Å². The molecular weight excluding hydrogens is 168 g/mol. The van der Waals surface area contributed by atoms with Gasteiger partial charge >= 0.3 is 6.09 Å². The minimum atomic E-state index is -0.822. The molecule has 2 aliphatic rings. The fourth-order valence-electron chi connectivity index (χ4n) is 2.51. The highest BCUT2D eigenvalue weighted by molar-refractivity contribution is 5.65. The molecule has 1 spiro atoms. The highest BCUT2D eigenvalue weighted by Crippen LogP contribution is 2.51. The topological polar surface area (TPSA) is 64.3 Å². The molecule has 1 heterocycles. The van der Waals surface area contributed by atoms with Crippen LogP contribution in [0, 0.1) is 22.7 Å². The third kappa shape index (κ3) is 1.24. The number of hydrogen-bond acceptors (Lipinski definition) is 2. The Morgan fingerprint density at radius 1 is 1.62 bits per heavy atom. The summed E-state index contributed by atoms with van der Waals surface area (Å²) in [5.74, 6) is 0.175. The highest BCUT2D eigenvalue weighted by Gasteiger charge is 2.49. The summed E-state index contributed by atoms with van der Waals surface area (Å²) in [4.78, 5) is 12.1. The summed E-state index contributed by atoms with van der Waals surface area (Å²) in [5.41, 5.74) is 0.165. The van der Waals surface area contributed by atoms with Crippen LogP contribution in [0.5, 0.6) is 0 Å². The monoisotopic (exact) mass is 180 g/mol. The zero-order valence-electron chi connectivity index (χ0n) is 7.36. The Bertz CT molecular complexity index is 276. The summed E-state index contributed by atoms with van der Waals surface area (Å²) in [6.07, 6.45) is 1.91. The lowest BCUT2D eigenvalue weighted by molar-refractivity contribution is 0.0912. The van der Waals surface area contributed by atoms with Gasteiger partial charge in [0.15, 0.2) is 0 Å². The van der Waals surface area contributed by atoms with E-state index in [4.69, 9.17) is 10.4 Å². The van der Waals surface area contributed by atoms with E-state index in [-0.39, 0.29) is 11.3 Å². The maximum absolute atomic E-state index is 10.6. The van der Waals surface area contributed by atoms with E-state index < -0.39 is 6.09 Å². The largest absolute Gasteiger partial charge is 0.465 e. The molecule has 0 bridgehead atoms. The van der Waals surface area contributed by atoms with Gasteiger partial charge in [-0.05, 0) is 24.7 Å². The molecule has 2 rings (SSSR count). The first kappa shape index (κ1) is 8.36. The molecule has 0 aromatic rings. The Morgan fingerprint density at radius 2 is 2.31 bits per heavy atom. The van der Waals surface area contributed by atoms with Crippen LogP contribution in [0.15, 0.2) is 0 Å². The Balaban J connectivity index is 1.93. The predicted octanol–water partition coefficient (Wildman–Crippen LogP) is 1.29. The number of likely N-dealkylation sites (tertiary alicyclic amines) is 1. The molecule has 0 aromatic carbocycles. The molecule has 13 heavy (non-hydrogen) atoms. The maximum Gasteiger partial charge on any atom is 0.407 e. The van der Waals surface area contributed by atoms with Gasteiger partial charge in [0.25, 0.3) is 0 Å². The van der Waals surface area contributed by atoms with Crippen molar-refractivity contribution in [3.63, 3.8) is 0 Å². The highest BCUT2D eigenvalue weighted by atomic mass is 16.4. The quantitative estimate of drug-likeness (QED) is 0.610. The lowest BCUT2D eigenvalue weighted by atomic mass is 9.62. The molecule has 70 valence electrons. The summed E-state index contributed by atoms with van der Waals surface area (Å²) >= 11 is 0. The van der Waals surface area contributed by atoms with Gasteiger partial charge in [-0.3, -0.25) is 0 Å². The van der Waals surface area contributed by atoms with Gasteiger partial charge in [-0.2, -0.15) is 5.26 Å². The second-order valence-electron chi connectivity index (χ2n) is 4.19. The summed E-state index contributed by atoms with van der Waals surface area (Å²) in [6.45, 7) is 1.29. The molecular formula is C9H12N2O2. The van der Waals surface area contributed by atoms with Crippen molar-refractivity contribution in [1.29, 1.82) is 5.26 Å². The number of rotatable bonds is 0. The predicted molar refractivity (Wildman–Crippen MR) is 45.0 cm³/mol. The van der Waals surface area contributed by atoms with Crippen molar-refractivity contribution >= 4 is 6.09 Å². The van der Waals surface area contributed by atoms with Gasteiger partial charge in [0.05, 0.1) is 6.07 Å². The van der Waals surface area contributed by atoms with Crippen LogP contribution >= 0.6 is 0 Å². The Kier molecular flexibility index (Phi) is 1.69. The molecule has 1 aliphatic carbocycles. The molecule has 1 saturated heterocycles. The van der Waals surface area contributed by atoms with E-state index in [1.54, 1.807) is 0 Å². The van der Waals surface area contributed by atoms with Crippen molar-refractivity contribution in [2.45, 2.75) is 19.3 Å². The first-order valence-electron chi connectivity index (χ1n) is 4.53. The van der Waals surface area contributed by atoms with E-state index in [0.717, 1.165) is 19.3 Å².